The van der Waals surface area contributed by atoms with Crippen molar-refractivity contribution < 1.29 is 23.8 Å². The second kappa shape index (κ2) is 19.0. The maximum Gasteiger partial charge on any atom is 0.294 e. The largest absolute Gasteiger partial charge is 0.495 e. The second-order valence-corrected chi connectivity index (χ2v) is 14.8. The Balaban J connectivity index is 1.38. The van der Waals surface area contributed by atoms with E-state index >= 15 is 0 Å². The molecule has 0 saturated carbocycles. The fraction of sp³-hybridized carbons (Fsp3) is 0.364. The smallest absolute Gasteiger partial charge is 0.294 e. The van der Waals surface area contributed by atoms with E-state index in [1.807, 2.05) is 51.1 Å². The van der Waals surface area contributed by atoms with Gasteiger partial charge in [-0.05, 0) is 124 Å². The quantitative estimate of drug-likeness (QED) is 0.0740. The summed E-state index contributed by atoms with van der Waals surface area (Å²) in [7, 11) is 2.83. The summed E-state index contributed by atoms with van der Waals surface area (Å²) in [6.45, 7) is 12.1. The first-order valence-electron chi connectivity index (χ1n) is 19.5. The van der Waals surface area contributed by atoms with Gasteiger partial charge in [0.1, 0.15) is 25.3 Å². The van der Waals surface area contributed by atoms with E-state index in [0.29, 0.717) is 29.2 Å². The number of nitrogens with one attached hydrogen (secondary N) is 2. The molecule has 2 N–H and O–H groups in total. The second-order valence-electron chi connectivity index (χ2n) is 14.0. The number of carbonyl (C=O) groups excluding carboxylic acids is 1. The molecule has 58 heavy (non-hydrogen) atoms. The molecule has 6 rings (SSSR count). The van der Waals surface area contributed by atoms with Gasteiger partial charge < -0.3 is 34.6 Å². The normalized spacial score (nSPS) is 13.2. The lowest BCUT2D eigenvalue weighted by Gasteiger charge is -2.29. The van der Waals surface area contributed by atoms with E-state index in [-0.39, 0.29) is 39.2 Å². The van der Waals surface area contributed by atoms with Crippen molar-refractivity contribution >= 4 is 68.5 Å². The molecular formula is C44H50Cl2N6O6. The van der Waals surface area contributed by atoms with Crippen molar-refractivity contribution in [3.63, 3.8) is 0 Å². The van der Waals surface area contributed by atoms with Crippen LogP contribution in [0.2, 0.25) is 10.0 Å². The first-order chi connectivity index (χ1) is 28.0. The fourth-order valence-electron chi connectivity index (χ4n) is 7.16. The number of aliphatic imine (C=N–C) groups is 1. The molecule has 0 fully saturated rings. The van der Waals surface area contributed by atoms with E-state index in [9.17, 15) is 9.59 Å². The number of halogens is 2. The summed E-state index contributed by atoms with van der Waals surface area (Å²) in [6.07, 6.45) is 3.82. The molecule has 0 radical (unpaired) electrons. The van der Waals surface area contributed by atoms with Crippen molar-refractivity contribution in [1.29, 1.82) is 0 Å². The van der Waals surface area contributed by atoms with E-state index < -0.39 is 17.8 Å². The van der Waals surface area contributed by atoms with Gasteiger partial charge >= 0.3 is 0 Å². The predicted molar refractivity (Wildman–Crippen MR) is 233 cm³/mol. The van der Waals surface area contributed by atoms with Gasteiger partial charge in [0, 0.05) is 35.9 Å². The highest BCUT2D eigenvalue weighted by atomic mass is 35.5. The topological polar surface area (TPSA) is 129 Å². The number of hydrogen-bond acceptors (Lipinski definition) is 10. The molecule has 4 aromatic carbocycles. The van der Waals surface area contributed by atoms with Crippen LogP contribution in [0.3, 0.4) is 0 Å². The number of amides is 1. The van der Waals surface area contributed by atoms with Gasteiger partial charge in [-0.1, -0.05) is 42.3 Å². The van der Waals surface area contributed by atoms with E-state index in [4.69, 9.17) is 52.2 Å². The zero-order chi connectivity index (χ0) is 41.5. The van der Waals surface area contributed by atoms with Crippen LogP contribution in [0.15, 0.2) is 70.5 Å². The van der Waals surface area contributed by atoms with Crippen LogP contribution in [0.5, 0.6) is 11.5 Å². The Hall–Kier alpha value is -5.30. The monoisotopic (exact) mass is 828 g/mol. The van der Waals surface area contributed by atoms with E-state index in [1.54, 1.807) is 12.1 Å². The fourth-order valence-corrected chi connectivity index (χ4v) is 7.70. The molecule has 1 aromatic heterocycles. The summed E-state index contributed by atoms with van der Waals surface area (Å²) in [4.78, 5) is 46.3. The molecule has 1 aliphatic rings. The highest BCUT2D eigenvalue weighted by Crippen LogP contribution is 2.38. The summed E-state index contributed by atoms with van der Waals surface area (Å²) in [6, 6.07) is 18.2. The molecule has 1 amide bonds. The van der Waals surface area contributed by atoms with Crippen LogP contribution in [0.25, 0.3) is 10.9 Å². The maximum absolute atomic E-state index is 14.7. The molecular weight excluding hydrogens is 779 g/mol. The van der Waals surface area contributed by atoms with E-state index in [2.05, 4.69) is 35.4 Å². The average Bonchev–Trinajstić information content (AvgIpc) is 3.22. The number of hydrogen-bond donors (Lipinski definition) is 2. The van der Waals surface area contributed by atoms with Gasteiger partial charge in [0.2, 0.25) is 12.1 Å². The number of aromatic nitrogens is 2. The first-order valence-corrected chi connectivity index (χ1v) is 20.3. The Morgan fingerprint density at radius 3 is 2.41 bits per heavy atom. The van der Waals surface area contributed by atoms with E-state index in [0.717, 1.165) is 71.6 Å². The van der Waals surface area contributed by atoms with Crippen molar-refractivity contribution in [1.82, 2.24) is 9.71 Å². The van der Waals surface area contributed by atoms with Gasteiger partial charge in [-0.3, -0.25) is 9.59 Å². The van der Waals surface area contributed by atoms with Gasteiger partial charge in [-0.2, -0.15) is 0 Å². The molecule has 306 valence electrons. The van der Waals surface area contributed by atoms with Crippen molar-refractivity contribution in [3.05, 3.63) is 109 Å². The van der Waals surface area contributed by atoms with E-state index in [1.165, 1.54) is 31.9 Å². The van der Waals surface area contributed by atoms with Gasteiger partial charge in [-0.25, -0.2) is 9.98 Å². The zero-order valence-corrected chi connectivity index (χ0v) is 35.5. The molecule has 1 atom stereocenters. The van der Waals surface area contributed by atoms with Crippen LogP contribution in [0, 0.1) is 13.8 Å². The van der Waals surface area contributed by atoms with Crippen LogP contribution in [-0.2, 0) is 22.4 Å². The Labute approximate surface area is 349 Å². The summed E-state index contributed by atoms with van der Waals surface area (Å²) in [5, 5.41) is 6.74. The molecule has 1 unspecified atom stereocenters. The summed E-state index contributed by atoms with van der Waals surface area (Å²) in [5.41, 5.74) is 6.46. The molecule has 1 heterocycles. The SMILES string of the molecule is CCC(OCNc1ccc(OC)c(NC(=O)C(=Nc2ccc(N(CC)CC)c3c2CCCC3)c2nc3c(Cl)cc(Cl)cc3c(=O)n2OC)c1)Oc1cc(C)ccc1C. The number of anilines is 3. The van der Waals surface area contributed by atoms with Gasteiger partial charge in [0.05, 0.1) is 34.4 Å². The van der Waals surface area contributed by atoms with Crippen LogP contribution in [0.4, 0.5) is 22.7 Å². The van der Waals surface area contributed by atoms with Gasteiger partial charge in [0.25, 0.3) is 11.5 Å². The Kier molecular flexibility index (Phi) is 13.8. The van der Waals surface area contributed by atoms with Gasteiger partial charge in [0.15, 0.2) is 5.71 Å². The minimum Gasteiger partial charge on any atom is -0.495 e. The number of rotatable bonds is 16. The number of fused-ring (bicyclic) bond motifs is 2. The highest BCUT2D eigenvalue weighted by molar-refractivity contribution is 6.49. The number of nitrogens with zero attached hydrogens (tertiary/aromatic N) is 4. The molecule has 0 saturated heterocycles. The molecule has 5 aromatic rings. The van der Waals surface area contributed by atoms with Crippen molar-refractivity contribution in [3.8, 4) is 11.5 Å². The Bertz CT molecular complexity index is 2400. The number of benzene rings is 4. The summed E-state index contributed by atoms with van der Waals surface area (Å²) < 4.78 is 18.8. The molecule has 1 aliphatic carbocycles. The van der Waals surface area contributed by atoms with Crippen LogP contribution < -0.4 is 35.4 Å². The maximum atomic E-state index is 14.7. The molecule has 0 spiro atoms. The van der Waals surface area contributed by atoms with Gasteiger partial charge in [-0.15, -0.1) is 4.73 Å². The number of methoxy groups -OCH3 is 1. The standard InChI is InChI=1S/C44H50Cl2N6O6/c1-8-39(58-38-21-26(4)15-16-27(38)5)57-25-47-29-17-20-37(55-6)35(24-29)49-43(53)41(42-50-40-32(44(54)52(42)56-7)22-28(45)23-33(40)46)48-34-18-19-36(51(9-2)10-3)31-14-12-11-13-30(31)34/h15-24,39,47H,8-14,25H2,1-7H3,(H,49,53). The number of carbonyl (C=O) groups is 1. The third-order valence-corrected chi connectivity index (χ3v) is 10.7. The number of ether oxygens (including phenoxy) is 3. The molecule has 12 nitrogen and oxygen atoms in total. The van der Waals surface area contributed by atoms with Crippen molar-refractivity contribution in [2.45, 2.75) is 73.0 Å². The van der Waals surface area contributed by atoms with Crippen LogP contribution in [-0.4, -0.2) is 61.7 Å². The lowest BCUT2D eigenvalue weighted by atomic mass is 9.88. The van der Waals surface area contributed by atoms with Crippen molar-refractivity contribution in [2.24, 2.45) is 4.99 Å². The van der Waals surface area contributed by atoms with Crippen LogP contribution in [0.1, 0.15) is 68.1 Å². The zero-order valence-electron chi connectivity index (χ0n) is 34.0. The van der Waals surface area contributed by atoms with Crippen LogP contribution >= 0.6 is 23.2 Å². The first kappa shape index (κ1) is 42.3. The summed E-state index contributed by atoms with van der Waals surface area (Å²) in [5.74, 6) is 0.345. The third kappa shape index (κ3) is 9.20. The lowest BCUT2D eigenvalue weighted by Crippen LogP contribution is -2.36. The third-order valence-electron chi connectivity index (χ3n) is 10.2. The minimum atomic E-state index is -0.667. The Morgan fingerprint density at radius 1 is 0.948 bits per heavy atom. The highest BCUT2D eigenvalue weighted by Gasteiger charge is 2.27. The molecule has 0 aliphatic heterocycles. The lowest BCUT2D eigenvalue weighted by molar-refractivity contribution is -0.110. The molecule has 0 bridgehead atoms. The number of aryl methyl sites for hydroxylation is 2. The Morgan fingerprint density at radius 2 is 1.71 bits per heavy atom. The van der Waals surface area contributed by atoms with Crippen molar-refractivity contribution in [2.75, 3.05) is 49.6 Å². The minimum absolute atomic E-state index is 0.121. The molecule has 14 heteroatoms. The summed E-state index contributed by atoms with van der Waals surface area (Å²) >= 11 is 12.9. The predicted octanol–water partition coefficient (Wildman–Crippen LogP) is 9.07. The average molecular weight is 830 g/mol.